The van der Waals surface area contributed by atoms with E-state index in [0.29, 0.717) is 5.82 Å². The predicted octanol–water partition coefficient (Wildman–Crippen LogP) is -2.57. The van der Waals surface area contributed by atoms with Gasteiger partial charge in [0.25, 0.3) is 5.56 Å². The van der Waals surface area contributed by atoms with Crippen LogP contribution in [0.15, 0.2) is 4.79 Å². The average Bonchev–Trinajstić information content (AvgIpc) is 2.89. The van der Waals surface area contributed by atoms with E-state index in [1.807, 2.05) is 0 Å². The van der Waals surface area contributed by atoms with Crippen molar-refractivity contribution in [1.82, 2.24) is 25.0 Å². The maximum Gasteiger partial charge on any atom is 0.293 e. The number of aliphatic hydroxyl groups is 3. The van der Waals surface area contributed by atoms with Crippen LogP contribution in [-0.2, 0) is 4.74 Å². The maximum absolute atomic E-state index is 11.8. The van der Waals surface area contributed by atoms with Crippen LogP contribution in [0, 0.1) is 6.92 Å². The predicted molar refractivity (Wildman–Crippen MR) is 63.7 cm³/mol. The highest BCUT2D eigenvalue weighted by atomic mass is 16.6. The van der Waals surface area contributed by atoms with E-state index in [0.717, 1.165) is 0 Å². The zero-order valence-corrected chi connectivity index (χ0v) is 10.5. The van der Waals surface area contributed by atoms with Crippen molar-refractivity contribution in [3.63, 3.8) is 0 Å². The highest BCUT2D eigenvalue weighted by molar-refractivity contribution is 5.69. The third-order valence-electron chi connectivity index (χ3n) is 3.35. The van der Waals surface area contributed by atoms with Gasteiger partial charge in [0, 0.05) is 0 Å². The molecule has 0 saturated carbocycles. The van der Waals surface area contributed by atoms with Crippen LogP contribution in [0.1, 0.15) is 12.1 Å². The third kappa shape index (κ3) is 1.73. The summed E-state index contributed by atoms with van der Waals surface area (Å²) in [6, 6.07) is 0. The standard InChI is InChI=1S/C10H13N5O5/c1-3-11-8-5(9(19)13-14-12-8)15(3)10-7(18)6(17)4(2-16)20-10/h4,6-7,10,16-18H,2H2,1H3,(H,12,13,19)/t4-,6-,7-,10-/m1/s1. The molecule has 1 aliphatic heterocycles. The molecule has 3 heterocycles. The van der Waals surface area contributed by atoms with E-state index >= 15 is 0 Å². The summed E-state index contributed by atoms with van der Waals surface area (Å²) in [7, 11) is 0. The van der Waals surface area contributed by atoms with Crippen LogP contribution in [-0.4, -0.2) is 65.2 Å². The van der Waals surface area contributed by atoms with Crippen LogP contribution in [0.5, 0.6) is 0 Å². The van der Waals surface area contributed by atoms with Crippen molar-refractivity contribution < 1.29 is 20.1 Å². The van der Waals surface area contributed by atoms with Crippen LogP contribution in [0.3, 0.4) is 0 Å². The molecular weight excluding hydrogens is 270 g/mol. The first kappa shape index (κ1) is 13.1. The fourth-order valence-corrected chi connectivity index (χ4v) is 2.39. The lowest BCUT2D eigenvalue weighted by atomic mass is 10.1. The van der Waals surface area contributed by atoms with Gasteiger partial charge in [0.1, 0.15) is 24.1 Å². The van der Waals surface area contributed by atoms with Crippen LogP contribution in [0.25, 0.3) is 11.2 Å². The van der Waals surface area contributed by atoms with Crippen molar-refractivity contribution >= 4 is 11.2 Å². The van der Waals surface area contributed by atoms with E-state index in [-0.39, 0.29) is 11.2 Å². The molecule has 10 nitrogen and oxygen atoms in total. The first-order chi connectivity index (χ1) is 9.54. The fourth-order valence-electron chi connectivity index (χ4n) is 2.39. The lowest BCUT2D eigenvalue weighted by molar-refractivity contribution is -0.0518. The molecule has 0 unspecified atom stereocenters. The Morgan fingerprint density at radius 2 is 2.15 bits per heavy atom. The topological polar surface area (TPSA) is 146 Å². The average molecular weight is 283 g/mol. The number of hydrogen-bond acceptors (Lipinski definition) is 8. The molecule has 20 heavy (non-hydrogen) atoms. The van der Waals surface area contributed by atoms with Gasteiger partial charge in [-0.2, -0.15) is 0 Å². The SMILES string of the molecule is Cc1nc2nn[nH]c(=O)c2n1[C@@H]1O[C@H](CO)[C@@H](O)[C@H]1O. The third-order valence-corrected chi connectivity index (χ3v) is 3.35. The monoisotopic (exact) mass is 283 g/mol. The van der Waals surface area contributed by atoms with Crippen LogP contribution < -0.4 is 5.56 Å². The summed E-state index contributed by atoms with van der Waals surface area (Å²) >= 11 is 0. The molecule has 1 saturated heterocycles. The van der Waals surface area contributed by atoms with E-state index in [4.69, 9.17) is 9.84 Å². The quantitative estimate of drug-likeness (QED) is 0.470. The van der Waals surface area contributed by atoms with E-state index < -0.39 is 36.7 Å². The Balaban J connectivity index is 2.16. The van der Waals surface area contributed by atoms with Gasteiger partial charge in [-0.1, -0.05) is 5.21 Å². The summed E-state index contributed by atoms with van der Waals surface area (Å²) in [5.74, 6) is 0.376. The number of nitrogens with zero attached hydrogens (tertiary/aromatic N) is 4. The van der Waals surface area contributed by atoms with Gasteiger partial charge in [0.15, 0.2) is 11.7 Å². The molecule has 4 N–H and O–H groups in total. The molecule has 1 fully saturated rings. The molecule has 0 spiro atoms. The zero-order valence-electron chi connectivity index (χ0n) is 10.5. The molecule has 2 aromatic heterocycles. The second-order valence-corrected chi connectivity index (χ2v) is 4.57. The second-order valence-electron chi connectivity index (χ2n) is 4.57. The summed E-state index contributed by atoms with van der Waals surface area (Å²) < 4.78 is 6.74. The van der Waals surface area contributed by atoms with E-state index in [9.17, 15) is 15.0 Å². The number of aromatic amines is 1. The number of hydrogen-bond donors (Lipinski definition) is 4. The van der Waals surface area contributed by atoms with E-state index in [1.165, 1.54) is 4.57 Å². The van der Waals surface area contributed by atoms with Gasteiger partial charge in [-0.15, -0.1) is 5.10 Å². The summed E-state index contributed by atoms with van der Waals surface area (Å²) in [6.07, 6.45) is -4.51. The lowest BCUT2D eigenvalue weighted by Gasteiger charge is -2.18. The molecule has 0 amide bonds. The Hall–Kier alpha value is -1.88. The number of nitrogens with one attached hydrogen (secondary N) is 1. The van der Waals surface area contributed by atoms with E-state index in [2.05, 4.69) is 20.4 Å². The number of aromatic nitrogens is 5. The number of aliphatic hydroxyl groups excluding tert-OH is 3. The van der Waals surface area contributed by atoms with Gasteiger partial charge in [0.2, 0.25) is 5.65 Å². The number of imidazole rings is 1. The van der Waals surface area contributed by atoms with Crippen molar-refractivity contribution in [2.75, 3.05) is 6.61 Å². The normalized spacial score (nSPS) is 30.2. The Bertz CT molecular complexity index is 697. The van der Waals surface area contributed by atoms with Crippen molar-refractivity contribution in [1.29, 1.82) is 0 Å². The number of H-pyrrole nitrogens is 1. The summed E-state index contributed by atoms with van der Waals surface area (Å²) in [6.45, 7) is 1.16. The largest absolute Gasteiger partial charge is 0.394 e. The first-order valence-corrected chi connectivity index (χ1v) is 5.97. The minimum Gasteiger partial charge on any atom is -0.394 e. The molecule has 0 radical (unpaired) electrons. The highest BCUT2D eigenvalue weighted by Crippen LogP contribution is 2.31. The molecule has 0 aliphatic carbocycles. The lowest BCUT2D eigenvalue weighted by Crippen LogP contribution is -2.33. The first-order valence-electron chi connectivity index (χ1n) is 5.97. The summed E-state index contributed by atoms with van der Waals surface area (Å²) in [5, 5.41) is 38.2. The fraction of sp³-hybridized carbons (Fsp3) is 0.600. The summed E-state index contributed by atoms with van der Waals surface area (Å²) in [5.41, 5.74) is -0.329. The molecule has 2 aromatic rings. The van der Waals surface area contributed by atoms with Gasteiger partial charge in [-0.3, -0.25) is 9.36 Å². The highest BCUT2D eigenvalue weighted by Gasteiger charge is 2.44. The Labute approximate surface area is 111 Å². The molecule has 4 atom stereocenters. The number of aryl methyl sites for hydroxylation is 1. The van der Waals surface area contributed by atoms with Gasteiger partial charge in [-0.25, -0.2) is 10.1 Å². The second kappa shape index (κ2) is 4.59. The molecule has 0 aromatic carbocycles. The van der Waals surface area contributed by atoms with Crippen LogP contribution in [0.2, 0.25) is 0 Å². The van der Waals surface area contributed by atoms with Crippen molar-refractivity contribution in [2.24, 2.45) is 0 Å². The Morgan fingerprint density at radius 1 is 1.40 bits per heavy atom. The van der Waals surface area contributed by atoms with Crippen molar-refractivity contribution in [2.45, 2.75) is 31.5 Å². The summed E-state index contributed by atoms with van der Waals surface area (Å²) in [4.78, 5) is 15.9. The van der Waals surface area contributed by atoms with Crippen molar-refractivity contribution in [3.8, 4) is 0 Å². The smallest absolute Gasteiger partial charge is 0.293 e. The number of ether oxygens (including phenoxy) is 1. The van der Waals surface area contributed by atoms with Crippen molar-refractivity contribution in [3.05, 3.63) is 16.2 Å². The Kier molecular flexibility index (Phi) is 3.01. The van der Waals surface area contributed by atoms with Gasteiger partial charge >= 0.3 is 0 Å². The zero-order chi connectivity index (χ0) is 14.4. The van der Waals surface area contributed by atoms with Gasteiger partial charge in [0.05, 0.1) is 6.61 Å². The van der Waals surface area contributed by atoms with Crippen LogP contribution >= 0.6 is 0 Å². The van der Waals surface area contributed by atoms with Gasteiger partial charge < -0.3 is 20.1 Å². The molecule has 10 heteroatoms. The molecule has 1 aliphatic rings. The molecule has 3 rings (SSSR count). The maximum atomic E-state index is 11.8. The van der Waals surface area contributed by atoms with Gasteiger partial charge in [-0.05, 0) is 6.92 Å². The minimum absolute atomic E-state index is 0.0901. The molecule has 0 bridgehead atoms. The Morgan fingerprint density at radius 3 is 2.80 bits per heavy atom. The van der Waals surface area contributed by atoms with Crippen LogP contribution in [0.4, 0.5) is 0 Å². The van der Waals surface area contributed by atoms with E-state index in [1.54, 1.807) is 6.92 Å². The minimum atomic E-state index is -1.30. The number of rotatable bonds is 2. The number of fused-ring (bicyclic) bond motifs is 1. The molecule has 108 valence electrons. The molecular formula is C10H13N5O5.